The lowest BCUT2D eigenvalue weighted by atomic mass is 9.76. The van der Waals surface area contributed by atoms with Crippen LogP contribution in [0.3, 0.4) is 0 Å². The van der Waals surface area contributed by atoms with Gasteiger partial charge in [0, 0.05) is 21.7 Å². The quantitative estimate of drug-likeness (QED) is 0.418. The van der Waals surface area contributed by atoms with Crippen molar-refractivity contribution in [2.24, 2.45) is 0 Å². The number of nitrogens with zero attached hydrogens (tertiary/aromatic N) is 1. The molecule has 0 spiro atoms. The number of aromatic carboxylic acids is 1. The maximum atomic E-state index is 14.1. The summed E-state index contributed by atoms with van der Waals surface area (Å²) in [6, 6.07) is 12.8. The normalized spacial score (nSPS) is 17.0. The standard InChI is InChI=1S/C25H20Cl3NO5/c1-25(17-8-13(23(30)31)5-7-19(17)27)18-9-15(26)10-20(28)22(18)29(24(25)32)12-14-4-6-16(33-2)11-21(14)34-3/h4-11H,12H2,1-3H3,(H,30,31). The van der Waals surface area contributed by atoms with Crippen molar-refractivity contribution in [3.8, 4) is 11.5 Å². The van der Waals surface area contributed by atoms with E-state index in [4.69, 9.17) is 44.3 Å². The van der Waals surface area contributed by atoms with Crippen LogP contribution in [0.5, 0.6) is 11.5 Å². The molecule has 6 nitrogen and oxygen atoms in total. The van der Waals surface area contributed by atoms with Crippen molar-refractivity contribution in [1.82, 2.24) is 0 Å². The van der Waals surface area contributed by atoms with E-state index in [2.05, 4.69) is 0 Å². The first-order valence-electron chi connectivity index (χ1n) is 10.2. The molecule has 1 unspecified atom stereocenters. The Labute approximate surface area is 211 Å². The van der Waals surface area contributed by atoms with Gasteiger partial charge in [-0.2, -0.15) is 0 Å². The van der Waals surface area contributed by atoms with Crippen molar-refractivity contribution in [2.75, 3.05) is 19.1 Å². The number of anilines is 1. The van der Waals surface area contributed by atoms with Gasteiger partial charge in [-0.25, -0.2) is 4.79 Å². The van der Waals surface area contributed by atoms with Gasteiger partial charge in [-0.15, -0.1) is 0 Å². The molecule has 0 radical (unpaired) electrons. The van der Waals surface area contributed by atoms with Crippen LogP contribution in [0.1, 0.15) is 34.0 Å². The number of carbonyl (C=O) groups excluding carboxylic acids is 1. The van der Waals surface area contributed by atoms with E-state index in [9.17, 15) is 14.7 Å². The minimum absolute atomic E-state index is 0.0124. The average Bonchev–Trinajstić information content (AvgIpc) is 3.02. The van der Waals surface area contributed by atoms with Crippen LogP contribution in [0.4, 0.5) is 5.69 Å². The van der Waals surface area contributed by atoms with Crippen LogP contribution >= 0.6 is 34.8 Å². The van der Waals surface area contributed by atoms with Gasteiger partial charge in [0.1, 0.15) is 16.9 Å². The van der Waals surface area contributed by atoms with Gasteiger partial charge >= 0.3 is 5.97 Å². The second kappa shape index (κ2) is 9.02. The summed E-state index contributed by atoms with van der Waals surface area (Å²) in [4.78, 5) is 27.2. The maximum absolute atomic E-state index is 14.1. The number of carboxylic acid groups (broad SMARTS) is 1. The molecule has 0 bridgehead atoms. The van der Waals surface area contributed by atoms with Crippen molar-refractivity contribution in [2.45, 2.75) is 18.9 Å². The number of fused-ring (bicyclic) bond motifs is 1. The second-order valence-electron chi connectivity index (χ2n) is 7.98. The summed E-state index contributed by atoms with van der Waals surface area (Å²) in [6.07, 6.45) is 0. The SMILES string of the molecule is COc1ccc(CN2C(=O)C(C)(c3cc(C(=O)O)ccc3Cl)c3cc(Cl)cc(Cl)c32)c(OC)c1. The molecule has 1 atom stereocenters. The molecule has 176 valence electrons. The smallest absolute Gasteiger partial charge is 0.335 e. The first kappa shape index (κ1) is 24.2. The van der Waals surface area contributed by atoms with Crippen LogP contribution in [0.25, 0.3) is 0 Å². The minimum Gasteiger partial charge on any atom is -0.497 e. The predicted molar refractivity (Wildman–Crippen MR) is 132 cm³/mol. The fourth-order valence-corrected chi connectivity index (χ4v) is 5.22. The number of halogens is 3. The van der Waals surface area contributed by atoms with Gasteiger partial charge in [0.25, 0.3) is 0 Å². The van der Waals surface area contributed by atoms with Crippen molar-refractivity contribution in [1.29, 1.82) is 0 Å². The van der Waals surface area contributed by atoms with Crippen LogP contribution in [-0.2, 0) is 16.8 Å². The van der Waals surface area contributed by atoms with Crippen molar-refractivity contribution < 1.29 is 24.2 Å². The highest BCUT2D eigenvalue weighted by molar-refractivity contribution is 6.38. The zero-order valence-corrected chi connectivity index (χ0v) is 20.8. The van der Waals surface area contributed by atoms with E-state index in [1.165, 1.54) is 25.3 Å². The Morgan fingerprint density at radius 1 is 0.971 bits per heavy atom. The van der Waals surface area contributed by atoms with Gasteiger partial charge in [0.15, 0.2) is 0 Å². The molecule has 4 rings (SSSR count). The summed E-state index contributed by atoms with van der Waals surface area (Å²) < 4.78 is 10.8. The van der Waals surface area contributed by atoms with Gasteiger partial charge < -0.3 is 19.5 Å². The van der Waals surface area contributed by atoms with Crippen LogP contribution in [0, 0.1) is 0 Å². The van der Waals surface area contributed by atoms with Gasteiger partial charge in [0.05, 0.1) is 37.0 Å². The van der Waals surface area contributed by atoms with Crippen molar-refractivity contribution in [3.63, 3.8) is 0 Å². The largest absolute Gasteiger partial charge is 0.497 e. The Kier molecular flexibility index (Phi) is 6.42. The van der Waals surface area contributed by atoms with E-state index in [1.807, 2.05) is 6.07 Å². The van der Waals surface area contributed by atoms with E-state index in [1.54, 1.807) is 43.2 Å². The van der Waals surface area contributed by atoms with E-state index in [0.29, 0.717) is 33.3 Å². The van der Waals surface area contributed by atoms with Crippen LogP contribution in [-0.4, -0.2) is 31.2 Å². The highest BCUT2D eigenvalue weighted by Crippen LogP contribution is 2.52. The molecule has 0 fully saturated rings. The van der Waals surface area contributed by atoms with Crippen molar-refractivity contribution >= 4 is 52.4 Å². The van der Waals surface area contributed by atoms with Gasteiger partial charge in [-0.1, -0.05) is 34.8 Å². The Morgan fingerprint density at radius 3 is 2.35 bits per heavy atom. The first-order valence-corrected chi connectivity index (χ1v) is 11.3. The summed E-state index contributed by atoms with van der Waals surface area (Å²) >= 11 is 19.4. The molecule has 34 heavy (non-hydrogen) atoms. The fraction of sp³-hybridized carbons (Fsp3) is 0.200. The number of hydrogen-bond acceptors (Lipinski definition) is 4. The van der Waals surface area contributed by atoms with E-state index in [0.717, 1.165) is 5.56 Å². The first-order chi connectivity index (χ1) is 16.1. The van der Waals surface area contributed by atoms with Gasteiger partial charge in [0.2, 0.25) is 5.91 Å². The van der Waals surface area contributed by atoms with Gasteiger partial charge in [-0.05, 0) is 60.5 Å². The molecular formula is C25H20Cl3NO5. The highest BCUT2D eigenvalue weighted by Gasteiger charge is 2.51. The lowest BCUT2D eigenvalue weighted by Gasteiger charge is -2.27. The summed E-state index contributed by atoms with van der Waals surface area (Å²) in [6.45, 7) is 1.84. The van der Waals surface area contributed by atoms with E-state index in [-0.39, 0.29) is 28.1 Å². The zero-order valence-electron chi connectivity index (χ0n) is 18.5. The maximum Gasteiger partial charge on any atom is 0.335 e. The molecule has 0 saturated heterocycles. The Morgan fingerprint density at radius 2 is 1.71 bits per heavy atom. The minimum atomic E-state index is -1.33. The third-order valence-corrected chi connectivity index (χ3v) is 6.92. The molecule has 1 amide bonds. The number of hydrogen-bond donors (Lipinski definition) is 1. The molecule has 1 heterocycles. The van der Waals surface area contributed by atoms with Crippen LogP contribution in [0.2, 0.25) is 15.1 Å². The third kappa shape index (κ3) is 3.86. The predicted octanol–water partition coefficient (Wildman–Crippen LogP) is 6.22. The number of amides is 1. The second-order valence-corrected chi connectivity index (χ2v) is 9.23. The Hall–Kier alpha value is -2.93. The third-order valence-electron chi connectivity index (χ3n) is 6.08. The number of carbonyl (C=O) groups is 2. The summed E-state index contributed by atoms with van der Waals surface area (Å²) in [7, 11) is 3.09. The molecule has 1 N–H and O–H groups in total. The molecule has 1 aliphatic heterocycles. The fourth-order valence-electron chi connectivity index (χ4n) is 4.31. The lowest BCUT2D eigenvalue weighted by molar-refractivity contribution is -0.121. The lowest BCUT2D eigenvalue weighted by Crippen LogP contribution is -2.39. The van der Waals surface area contributed by atoms with E-state index < -0.39 is 11.4 Å². The number of carboxylic acids is 1. The van der Waals surface area contributed by atoms with Crippen LogP contribution < -0.4 is 14.4 Å². The highest BCUT2D eigenvalue weighted by atomic mass is 35.5. The summed E-state index contributed by atoms with van der Waals surface area (Å²) in [5.41, 5.74) is 0.774. The average molecular weight is 521 g/mol. The Balaban J connectivity index is 1.92. The summed E-state index contributed by atoms with van der Waals surface area (Å²) in [5.74, 6) is -0.302. The monoisotopic (exact) mass is 519 g/mol. The topological polar surface area (TPSA) is 76.1 Å². The summed E-state index contributed by atoms with van der Waals surface area (Å²) in [5, 5.41) is 10.4. The molecule has 3 aromatic carbocycles. The molecule has 0 aromatic heterocycles. The molecule has 0 aliphatic carbocycles. The number of methoxy groups -OCH3 is 2. The number of rotatable bonds is 6. The van der Waals surface area contributed by atoms with Crippen molar-refractivity contribution in [3.05, 3.63) is 85.9 Å². The van der Waals surface area contributed by atoms with Crippen LogP contribution in [0.15, 0.2) is 48.5 Å². The molecule has 0 saturated carbocycles. The van der Waals surface area contributed by atoms with E-state index >= 15 is 0 Å². The number of benzene rings is 3. The van der Waals surface area contributed by atoms with Gasteiger partial charge in [-0.3, -0.25) is 4.79 Å². The number of ether oxygens (including phenoxy) is 2. The molecule has 3 aromatic rings. The molecule has 9 heteroatoms. The molecule has 1 aliphatic rings. The zero-order chi connectivity index (χ0) is 24.8. The molecular weight excluding hydrogens is 501 g/mol. The Bertz CT molecular complexity index is 1330.